The van der Waals surface area contributed by atoms with Gasteiger partial charge in [-0.1, -0.05) is 13.3 Å². The number of aromatic nitrogens is 2. The third-order valence-corrected chi connectivity index (χ3v) is 4.67. The smallest absolute Gasteiger partial charge is 0.407 e. The zero-order chi connectivity index (χ0) is 15.5. The minimum atomic E-state index is -0.798. The molecule has 1 aliphatic heterocycles. The SMILES string of the molecule is CCCCn1cc(C2CCN(C(=O)O)CC2)c2ccncc21. The van der Waals surface area contributed by atoms with E-state index in [4.69, 9.17) is 5.11 Å². The topological polar surface area (TPSA) is 58.4 Å². The van der Waals surface area contributed by atoms with Crippen molar-refractivity contribution >= 4 is 17.0 Å². The summed E-state index contributed by atoms with van der Waals surface area (Å²) in [5.41, 5.74) is 2.56. The van der Waals surface area contributed by atoms with Crippen molar-refractivity contribution in [2.75, 3.05) is 13.1 Å². The largest absolute Gasteiger partial charge is 0.465 e. The van der Waals surface area contributed by atoms with E-state index >= 15 is 0 Å². The molecule has 2 aromatic heterocycles. The number of pyridine rings is 1. The van der Waals surface area contributed by atoms with Gasteiger partial charge in [0.2, 0.25) is 0 Å². The summed E-state index contributed by atoms with van der Waals surface area (Å²) in [6, 6.07) is 2.09. The summed E-state index contributed by atoms with van der Waals surface area (Å²) in [7, 11) is 0. The van der Waals surface area contributed by atoms with Crippen molar-refractivity contribution in [3.05, 3.63) is 30.2 Å². The number of nitrogens with zero attached hydrogens (tertiary/aromatic N) is 3. The predicted molar refractivity (Wildman–Crippen MR) is 86.2 cm³/mol. The van der Waals surface area contributed by atoms with Crippen LogP contribution in [0.5, 0.6) is 0 Å². The summed E-state index contributed by atoms with van der Waals surface area (Å²) < 4.78 is 2.31. The summed E-state index contributed by atoms with van der Waals surface area (Å²) in [5.74, 6) is 0.448. The van der Waals surface area contributed by atoms with Crippen LogP contribution >= 0.6 is 0 Å². The molecular formula is C17H23N3O2. The Morgan fingerprint density at radius 2 is 2.18 bits per heavy atom. The number of aryl methyl sites for hydroxylation is 1. The van der Waals surface area contributed by atoms with Crippen molar-refractivity contribution < 1.29 is 9.90 Å². The maximum Gasteiger partial charge on any atom is 0.407 e. The van der Waals surface area contributed by atoms with Crippen molar-refractivity contribution in [3.63, 3.8) is 0 Å². The molecule has 2 aromatic rings. The van der Waals surface area contributed by atoms with Crippen LogP contribution in [0.2, 0.25) is 0 Å². The van der Waals surface area contributed by atoms with Gasteiger partial charge in [-0.3, -0.25) is 4.98 Å². The highest BCUT2D eigenvalue weighted by Gasteiger charge is 2.25. The molecule has 0 aliphatic carbocycles. The molecule has 1 aliphatic rings. The van der Waals surface area contributed by atoms with Crippen molar-refractivity contribution in [3.8, 4) is 0 Å². The molecule has 0 aromatic carbocycles. The van der Waals surface area contributed by atoms with Crippen LogP contribution in [0.3, 0.4) is 0 Å². The van der Waals surface area contributed by atoms with E-state index in [1.54, 1.807) is 0 Å². The van der Waals surface area contributed by atoms with E-state index in [0.29, 0.717) is 19.0 Å². The number of likely N-dealkylation sites (tertiary alicyclic amines) is 1. The number of hydrogen-bond acceptors (Lipinski definition) is 2. The molecule has 0 atom stereocenters. The van der Waals surface area contributed by atoms with Crippen molar-refractivity contribution in [1.82, 2.24) is 14.5 Å². The first kappa shape index (κ1) is 14.9. The maximum atomic E-state index is 11.0. The summed E-state index contributed by atoms with van der Waals surface area (Å²) >= 11 is 0. The van der Waals surface area contributed by atoms with Crippen LogP contribution in [0, 0.1) is 0 Å². The lowest BCUT2D eigenvalue weighted by Crippen LogP contribution is -2.36. The second-order valence-electron chi connectivity index (χ2n) is 6.07. The van der Waals surface area contributed by atoms with Crippen molar-refractivity contribution in [2.45, 2.75) is 45.1 Å². The first-order chi connectivity index (χ1) is 10.7. The number of unbranched alkanes of at least 4 members (excludes halogenated alkanes) is 1. The second kappa shape index (κ2) is 6.38. The third-order valence-electron chi connectivity index (χ3n) is 4.67. The molecule has 1 saturated heterocycles. The molecule has 1 amide bonds. The molecule has 0 bridgehead atoms. The molecule has 5 heteroatoms. The average molecular weight is 301 g/mol. The highest BCUT2D eigenvalue weighted by molar-refractivity contribution is 5.83. The normalized spacial score (nSPS) is 16.3. The number of fused-ring (bicyclic) bond motifs is 1. The molecule has 5 nitrogen and oxygen atoms in total. The fourth-order valence-electron chi connectivity index (χ4n) is 3.39. The van der Waals surface area contributed by atoms with Crippen LogP contribution in [0.25, 0.3) is 10.9 Å². The number of carboxylic acid groups (broad SMARTS) is 1. The van der Waals surface area contributed by atoms with E-state index in [9.17, 15) is 4.79 Å². The fourth-order valence-corrected chi connectivity index (χ4v) is 3.39. The summed E-state index contributed by atoms with van der Waals surface area (Å²) in [6.07, 6.45) is 9.41. The van der Waals surface area contributed by atoms with Crippen LogP contribution < -0.4 is 0 Å². The third kappa shape index (κ3) is 2.80. The highest BCUT2D eigenvalue weighted by atomic mass is 16.4. The molecule has 3 rings (SSSR count). The van der Waals surface area contributed by atoms with Gasteiger partial charge in [0.1, 0.15) is 0 Å². The maximum absolute atomic E-state index is 11.0. The first-order valence-corrected chi connectivity index (χ1v) is 8.11. The molecule has 1 N–H and O–H groups in total. The Hall–Kier alpha value is -2.04. The molecule has 22 heavy (non-hydrogen) atoms. The van der Waals surface area contributed by atoms with Gasteiger partial charge in [0.05, 0.1) is 11.7 Å². The summed E-state index contributed by atoms with van der Waals surface area (Å²) in [6.45, 7) is 4.48. The highest BCUT2D eigenvalue weighted by Crippen LogP contribution is 2.34. The molecule has 118 valence electrons. The minimum Gasteiger partial charge on any atom is -0.465 e. The Balaban J connectivity index is 1.86. The zero-order valence-corrected chi connectivity index (χ0v) is 13.0. The fraction of sp³-hybridized carbons (Fsp3) is 0.529. The molecule has 1 fully saturated rings. The quantitative estimate of drug-likeness (QED) is 0.937. The Morgan fingerprint density at radius 3 is 2.86 bits per heavy atom. The van der Waals surface area contributed by atoms with Gasteiger partial charge < -0.3 is 14.6 Å². The standard InChI is InChI=1S/C17H23N3O2/c1-2-3-8-20-12-15(14-4-7-18-11-16(14)20)13-5-9-19(10-6-13)17(21)22/h4,7,11-13H,2-3,5-6,8-10H2,1H3,(H,21,22). The van der Waals surface area contributed by atoms with Crippen LogP contribution in [-0.4, -0.2) is 38.7 Å². The minimum absolute atomic E-state index is 0.448. The number of piperidine rings is 1. The van der Waals surface area contributed by atoms with Gasteiger partial charge in [0, 0.05) is 37.4 Å². The van der Waals surface area contributed by atoms with Crippen LogP contribution in [-0.2, 0) is 6.54 Å². The zero-order valence-electron chi connectivity index (χ0n) is 13.0. The molecular weight excluding hydrogens is 278 g/mol. The van der Waals surface area contributed by atoms with Gasteiger partial charge in [0.25, 0.3) is 0 Å². The number of carbonyl (C=O) groups is 1. The summed E-state index contributed by atoms with van der Waals surface area (Å²) in [5, 5.41) is 10.4. The molecule has 0 unspecified atom stereocenters. The van der Waals surface area contributed by atoms with E-state index in [0.717, 1.165) is 25.8 Å². The Morgan fingerprint density at radius 1 is 1.41 bits per heavy atom. The number of amides is 1. The van der Waals surface area contributed by atoms with Crippen molar-refractivity contribution in [1.29, 1.82) is 0 Å². The van der Waals surface area contributed by atoms with E-state index in [1.165, 1.54) is 27.8 Å². The molecule has 0 radical (unpaired) electrons. The van der Waals surface area contributed by atoms with Crippen LogP contribution in [0.4, 0.5) is 4.79 Å². The Kier molecular flexibility index (Phi) is 4.32. The molecule has 0 saturated carbocycles. The lowest BCUT2D eigenvalue weighted by atomic mass is 9.89. The first-order valence-electron chi connectivity index (χ1n) is 8.11. The Bertz CT molecular complexity index is 657. The number of rotatable bonds is 4. The van der Waals surface area contributed by atoms with Gasteiger partial charge in [-0.05, 0) is 36.8 Å². The molecule has 0 spiro atoms. The molecule has 3 heterocycles. The van der Waals surface area contributed by atoms with Crippen LogP contribution in [0.1, 0.15) is 44.1 Å². The van der Waals surface area contributed by atoms with Crippen LogP contribution in [0.15, 0.2) is 24.7 Å². The van der Waals surface area contributed by atoms with Gasteiger partial charge in [-0.15, -0.1) is 0 Å². The van der Waals surface area contributed by atoms with Gasteiger partial charge in [0.15, 0.2) is 0 Å². The van der Waals surface area contributed by atoms with Gasteiger partial charge in [-0.2, -0.15) is 0 Å². The van der Waals surface area contributed by atoms with Crippen molar-refractivity contribution in [2.24, 2.45) is 0 Å². The lowest BCUT2D eigenvalue weighted by Gasteiger charge is -2.29. The van der Waals surface area contributed by atoms with Gasteiger partial charge >= 0.3 is 6.09 Å². The predicted octanol–water partition coefficient (Wildman–Crippen LogP) is 3.69. The van der Waals surface area contributed by atoms with E-state index in [1.807, 2.05) is 12.4 Å². The summed E-state index contributed by atoms with van der Waals surface area (Å²) in [4.78, 5) is 16.8. The van der Waals surface area contributed by atoms with E-state index < -0.39 is 6.09 Å². The Labute approximate surface area is 130 Å². The lowest BCUT2D eigenvalue weighted by molar-refractivity contribution is 0.132. The second-order valence-corrected chi connectivity index (χ2v) is 6.07. The average Bonchev–Trinajstić information content (AvgIpc) is 2.92. The number of hydrogen-bond donors (Lipinski definition) is 1. The monoisotopic (exact) mass is 301 g/mol. The van der Waals surface area contributed by atoms with E-state index in [-0.39, 0.29) is 0 Å². The van der Waals surface area contributed by atoms with E-state index in [2.05, 4.69) is 28.7 Å². The van der Waals surface area contributed by atoms with Gasteiger partial charge in [-0.25, -0.2) is 4.79 Å².